The number of rotatable bonds is 4. The molecule has 0 aliphatic heterocycles. The summed E-state index contributed by atoms with van der Waals surface area (Å²) in [4.78, 5) is 0. The first-order valence-corrected chi connectivity index (χ1v) is 6.10. The minimum Gasteiger partial charge on any atom is -0.458 e. The van der Waals surface area contributed by atoms with Crippen LogP contribution in [0.15, 0.2) is 34.7 Å². The van der Waals surface area contributed by atoms with Crippen LogP contribution in [0.3, 0.4) is 0 Å². The second kappa shape index (κ2) is 3.86. The predicted molar refractivity (Wildman–Crippen MR) is 66.8 cm³/mol. The van der Waals surface area contributed by atoms with Crippen LogP contribution in [0.2, 0.25) is 0 Å². The molecule has 0 saturated heterocycles. The second-order valence-electron chi connectivity index (χ2n) is 5.08. The normalized spacial score (nSPS) is 19.4. The van der Waals surface area contributed by atoms with E-state index in [0.29, 0.717) is 18.3 Å². The Hall–Kier alpha value is -1.32. The van der Waals surface area contributed by atoms with E-state index in [1.807, 2.05) is 30.3 Å². The monoisotopic (exact) mass is 231 g/mol. The summed E-state index contributed by atoms with van der Waals surface area (Å²) in [5, 5.41) is 14.8. The van der Waals surface area contributed by atoms with Crippen LogP contribution in [0.4, 0.5) is 0 Å². The summed E-state index contributed by atoms with van der Waals surface area (Å²) in [7, 11) is 0. The Morgan fingerprint density at radius 3 is 2.88 bits per heavy atom. The summed E-state index contributed by atoms with van der Waals surface area (Å²) in [5.74, 6) is 0.631. The first-order chi connectivity index (χ1) is 8.15. The van der Waals surface area contributed by atoms with E-state index < -0.39 is 5.60 Å². The summed E-state index contributed by atoms with van der Waals surface area (Å²) >= 11 is 0. The van der Waals surface area contributed by atoms with E-state index in [9.17, 15) is 5.11 Å². The maximum Gasteiger partial charge on any atom is 0.137 e. The van der Waals surface area contributed by atoms with Gasteiger partial charge in [-0.05, 0) is 31.9 Å². The molecule has 1 atom stereocenters. The molecule has 17 heavy (non-hydrogen) atoms. The van der Waals surface area contributed by atoms with Crippen LogP contribution in [-0.4, -0.2) is 17.7 Å². The molecule has 1 fully saturated rings. The maximum atomic E-state index is 10.4. The van der Waals surface area contributed by atoms with Crippen molar-refractivity contribution in [2.75, 3.05) is 6.54 Å². The molecule has 1 aromatic carbocycles. The topological polar surface area (TPSA) is 45.4 Å². The van der Waals surface area contributed by atoms with Crippen LogP contribution in [0.1, 0.15) is 25.5 Å². The van der Waals surface area contributed by atoms with Crippen molar-refractivity contribution < 1.29 is 9.52 Å². The Labute approximate surface area is 100 Å². The van der Waals surface area contributed by atoms with Crippen LogP contribution in [-0.2, 0) is 5.60 Å². The van der Waals surface area contributed by atoms with Crippen LogP contribution >= 0.6 is 0 Å². The lowest BCUT2D eigenvalue weighted by Gasteiger charge is -2.21. The van der Waals surface area contributed by atoms with Gasteiger partial charge < -0.3 is 14.8 Å². The third-order valence-electron chi connectivity index (χ3n) is 3.27. The van der Waals surface area contributed by atoms with Gasteiger partial charge in [0.2, 0.25) is 0 Å². The van der Waals surface area contributed by atoms with E-state index in [2.05, 4.69) is 5.32 Å². The Morgan fingerprint density at radius 1 is 1.41 bits per heavy atom. The average Bonchev–Trinajstić information content (AvgIpc) is 3.03. The second-order valence-corrected chi connectivity index (χ2v) is 5.08. The fourth-order valence-corrected chi connectivity index (χ4v) is 1.96. The summed E-state index contributed by atoms with van der Waals surface area (Å²) < 4.78 is 5.70. The highest BCUT2D eigenvalue weighted by Gasteiger charge is 2.30. The Bertz CT molecular complexity index is 493. The van der Waals surface area contributed by atoms with E-state index >= 15 is 0 Å². The standard InChI is InChI=1S/C14H17NO2/c1-14(16,9-15-11-6-7-11)13-8-10-4-2-3-5-12(10)17-13/h2-5,8,11,15-16H,6-7,9H2,1H3. The molecule has 3 rings (SSSR count). The van der Waals surface area contributed by atoms with Crippen LogP contribution in [0, 0.1) is 0 Å². The molecular weight excluding hydrogens is 214 g/mol. The lowest BCUT2D eigenvalue weighted by Crippen LogP contribution is -2.36. The van der Waals surface area contributed by atoms with Gasteiger partial charge in [-0.25, -0.2) is 0 Å². The number of aliphatic hydroxyl groups is 1. The van der Waals surface area contributed by atoms with E-state index in [-0.39, 0.29) is 0 Å². The zero-order chi connectivity index (χ0) is 11.9. The number of fused-ring (bicyclic) bond motifs is 1. The highest BCUT2D eigenvalue weighted by molar-refractivity contribution is 5.77. The van der Waals surface area contributed by atoms with Crippen molar-refractivity contribution in [1.29, 1.82) is 0 Å². The zero-order valence-corrected chi connectivity index (χ0v) is 9.94. The first kappa shape index (κ1) is 10.8. The number of furan rings is 1. The third kappa shape index (κ3) is 2.21. The molecular formula is C14H17NO2. The van der Waals surface area contributed by atoms with Crippen LogP contribution in [0.5, 0.6) is 0 Å². The smallest absolute Gasteiger partial charge is 0.137 e. The minimum atomic E-state index is -0.943. The SMILES string of the molecule is CC(O)(CNC1CC1)c1cc2ccccc2o1. The predicted octanol–water partition coefficient (Wildman–Crippen LogP) is 2.39. The Morgan fingerprint density at radius 2 is 2.18 bits per heavy atom. The highest BCUT2D eigenvalue weighted by Crippen LogP contribution is 2.28. The van der Waals surface area contributed by atoms with Crippen molar-refractivity contribution >= 4 is 11.0 Å². The average molecular weight is 231 g/mol. The first-order valence-electron chi connectivity index (χ1n) is 6.10. The van der Waals surface area contributed by atoms with Gasteiger partial charge in [-0.15, -0.1) is 0 Å². The van der Waals surface area contributed by atoms with Gasteiger partial charge in [0.1, 0.15) is 16.9 Å². The molecule has 0 radical (unpaired) electrons. The molecule has 1 aliphatic rings. The maximum absolute atomic E-state index is 10.4. The molecule has 0 spiro atoms. The fraction of sp³-hybridized carbons (Fsp3) is 0.429. The van der Waals surface area contributed by atoms with Crippen LogP contribution < -0.4 is 5.32 Å². The third-order valence-corrected chi connectivity index (χ3v) is 3.27. The van der Waals surface area contributed by atoms with E-state index in [4.69, 9.17) is 4.42 Å². The molecule has 1 aliphatic carbocycles. The molecule has 1 unspecified atom stereocenters. The van der Waals surface area contributed by atoms with Crippen molar-refractivity contribution in [2.24, 2.45) is 0 Å². The molecule has 2 N–H and O–H groups in total. The molecule has 0 bridgehead atoms. The van der Waals surface area contributed by atoms with Gasteiger partial charge in [-0.1, -0.05) is 18.2 Å². The van der Waals surface area contributed by atoms with E-state index in [1.165, 1.54) is 12.8 Å². The highest BCUT2D eigenvalue weighted by atomic mass is 16.4. The quantitative estimate of drug-likeness (QED) is 0.849. The van der Waals surface area contributed by atoms with Crippen molar-refractivity contribution in [3.05, 3.63) is 36.1 Å². The Kier molecular flexibility index (Phi) is 2.45. The van der Waals surface area contributed by atoms with Gasteiger partial charge in [0, 0.05) is 18.0 Å². The van der Waals surface area contributed by atoms with Gasteiger partial charge in [-0.2, -0.15) is 0 Å². The van der Waals surface area contributed by atoms with Crippen molar-refractivity contribution in [3.8, 4) is 0 Å². The molecule has 3 heteroatoms. The summed E-state index contributed by atoms with van der Waals surface area (Å²) in [6, 6.07) is 10.3. The molecule has 1 heterocycles. The zero-order valence-electron chi connectivity index (χ0n) is 9.94. The van der Waals surface area contributed by atoms with Gasteiger partial charge in [-0.3, -0.25) is 0 Å². The number of benzene rings is 1. The molecule has 0 amide bonds. The lowest BCUT2D eigenvalue weighted by molar-refractivity contribution is 0.0355. The molecule has 1 saturated carbocycles. The lowest BCUT2D eigenvalue weighted by atomic mass is 10.0. The summed E-state index contributed by atoms with van der Waals surface area (Å²) in [6.45, 7) is 2.33. The fourth-order valence-electron chi connectivity index (χ4n) is 1.96. The summed E-state index contributed by atoms with van der Waals surface area (Å²) in [6.07, 6.45) is 2.44. The van der Waals surface area contributed by atoms with Gasteiger partial charge in [0.25, 0.3) is 0 Å². The van der Waals surface area contributed by atoms with E-state index in [1.54, 1.807) is 6.92 Å². The van der Waals surface area contributed by atoms with E-state index in [0.717, 1.165) is 11.0 Å². The van der Waals surface area contributed by atoms with Crippen molar-refractivity contribution in [3.63, 3.8) is 0 Å². The number of hydrogen-bond acceptors (Lipinski definition) is 3. The molecule has 1 aromatic heterocycles. The number of hydrogen-bond donors (Lipinski definition) is 2. The number of para-hydroxylation sites is 1. The van der Waals surface area contributed by atoms with Gasteiger partial charge >= 0.3 is 0 Å². The molecule has 2 aromatic rings. The van der Waals surface area contributed by atoms with Crippen LogP contribution in [0.25, 0.3) is 11.0 Å². The van der Waals surface area contributed by atoms with Crippen molar-refractivity contribution in [2.45, 2.75) is 31.4 Å². The minimum absolute atomic E-state index is 0.539. The molecule has 90 valence electrons. The summed E-state index contributed by atoms with van der Waals surface area (Å²) in [5.41, 5.74) is -0.115. The van der Waals surface area contributed by atoms with Gasteiger partial charge in [0.15, 0.2) is 0 Å². The Balaban J connectivity index is 1.84. The largest absolute Gasteiger partial charge is 0.458 e. The number of nitrogens with one attached hydrogen (secondary N) is 1. The van der Waals surface area contributed by atoms with Gasteiger partial charge in [0.05, 0.1) is 0 Å². The van der Waals surface area contributed by atoms with Crippen molar-refractivity contribution in [1.82, 2.24) is 5.32 Å². The molecule has 3 nitrogen and oxygen atoms in total.